The van der Waals surface area contributed by atoms with Crippen LogP contribution in [0.25, 0.3) is 0 Å². The number of nitrogens with one attached hydrogen (secondary N) is 1. The average molecular weight is 429 g/mol. The van der Waals surface area contributed by atoms with Crippen LogP contribution in [-0.4, -0.2) is 52.5 Å². The largest absolute Gasteiger partial charge is 0.478 e. The van der Waals surface area contributed by atoms with Crippen molar-refractivity contribution in [1.82, 2.24) is 10.2 Å². The van der Waals surface area contributed by atoms with Crippen molar-refractivity contribution in [1.29, 1.82) is 0 Å². The first-order valence-corrected chi connectivity index (χ1v) is 10.5. The molecular formula is C21H23N3O5S. The molecule has 1 unspecified atom stereocenters. The summed E-state index contributed by atoms with van der Waals surface area (Å²) in [5, 5.41) is 23.4. The molecule has 1 heterocycles. The van der Waals surface area contributed by atoms with Crippen LogP contribution in [-0.2, 0) is 0 Å². The van der Waals surface area contributed by atoms with Crippen LogP contribution in [0, 0.1) is 10.1 Å². The number of carbonyl (C=O) groups is 2. The third-order valence-electron chi connectivity index (χ3n) is 5.15. The third-order valence-corrected chi connectivity index (χ3v) is 6.22. The minimum Gasteiger partial charge on any atom is -0.478 e. The van der Waals surface area contributed by atoms with E-state index in [9.17, 15) is 19.7 Å². The van der Waals surface area contributed by atoms with Crippen LogP contribution >= 0.6 is 11.8 Å². The Morgan fingerprint density at radius 1 is 1.23 bits per heavy atom. The summed E-state index contributed by atoms with van der Waals surface area (Å²) in [6, 6.07) is 10.8. The lowest BCUT2D eigenvalue weighted by atomic mass is 10.1. The second kappa shape index (κ2) is 9.73. The molecule has 1 aliphatic rings. The Kier molecular flexibility index (Phi) is 7.07. The molecule has 1 saturated heterocycles. The van der Waals surface area contributed by atoms with Crippen molar-refractivity contribution in [3.05, 3.63) is 63.7 Å². The van der Waals surface area contributed by atoms with Crippen LogP contribution in [0.2, 0.25) is 0 Å². The summed E-state index contributed by atoms with van der Waals surface area (Å²) in [6.07, 6.45) is 2.14. The van der Waals surface area contributed by atoms with Crippen molar-refractivity contribution in [2.75, 3.05) is 19.6 Å². The van der Waals surface area contributed by atoms with Crippen molar-refractivity contribution in [2.45, 2.75) is 35.6 Å². The predicted octanol–water partition coefficient (Wildman–Crippen LogP) is 3.66. The highest BCUT2D eigenvalue weighted by Gasteiger charge is 2.24. The molecule has 1 amide bonds. The normalized spacial score (nSPS) is 16.4. The van der Waals surface area contributed by atoms with E-state index in [1.807, 2.05) is 0 Å². The van der Waals surface area contributed by atoms with Crippen LogP contribution in [0.5, 0.6) is 0 Å². The van der Waals surface area contributed by atoms with E-state index in [1.165, 1.54) is 18.2 Å². The molecule has 158 valence electrons. The number of carboxylic acids is 1. The van der Waals surface area contributed by atoms with Gasteiger partial charge in [0.05, 0.1) is 15.4 Å². The number of rotatable bonds is 8. The van der Waals surface area contributed by atoms with Gasteiger partial charge in [-0.25, -0.2) is 4.79 Å². The standard InChI is InChI=1S/C21H23N3O5S/c1-2-23-11-3-4-16(23)13-22-20(25)15-7-10-19(18(12-15)24(28)29)30-17-8-5-14(6-9-17)21(26)27/h5-10,12,16H,2-4,11,13H2,1H3,(H,22,25)(H,26,27). The zero-order valence-electron chi connectivity index (χ0n) is 16.5. The van der Waals surface area contributed by atoms with E-state index in [-0.39, 0.29) is 22.7 Å². The quantitative estimate of drug-likeness (QED) is 0.486. The first-order chi connectivity index (χ1) is 14.4. The lowest BCUT2D eigenvalue weighted by Crippen LogP contribution is -2.40. The second-order valence-corrected chi connectivity index (χ2v) is 8.12. The van der Waals surface area contributed by atoms with Crippen LogP contribution in [0.1, 0.15) is 40.5 Å². The predicted molar refractivity (Wildman–Crippen MR) is 113 cm³/mol. The van der Waals surface area contributed by atoms with Crippen LogP contribution < -0.4 is 5.32 Å². The van der Waals surface area contributed by atoms with E-state index in [0.717, 1.165) is 37.7 Å². The van der Waals surface area contributed by atoms with Gasteiger partial charge in [-0.1, -0.05) is 18.7 Å². The van der Waals surface area contributed by atoms with Gasteiger partial charge in [-0.15, -0.1) is 0 Å². The van der Waals surface area contributed by atoms with Crippen LogP contribution in [0.3, 0.4) is 0 Å². The molecule has 9 heteroatoms. The van der Waals surface area contributed by atoms with Gasteiger partial charge in [-0.3, -0.25) is 19.8 Å². The molecule has 2 N–H and O–H groups in total. The van der Waals surface area contributed by atoms with Gasteiger partial charge in [0.15, 0.2) is 0 Å². The highest BCUT2D eigenvalue weighted by Crippen LogP contribution is 2.35. The molecular weight excluding hydrogens is 406 g/mol. The summed E-state index contributed by atoms with van der Waals surface area (Å²) in [5.74, 6) is -1.36. The molecule has 2 aromatic carbocycles. The third kappa shape index (κ3) is 5.17. The second-order valence-electron chi connectivity index (χ2n) is 7.01. The molecule has 1 atom stereocenters. The van der Waals surface area contributed by atoms with Gasteiger partial charge < -0.3 is 10.4 Å². The maximum atomic E-state index is 12.5. The minimum absolute atomic E-state index is 0.143. The van der Waals surface area contributed by atoms with Crippen molar-refractivity contribution < 1.29 is 19.6 Å². The minimum atomic E-state index is -1.03. The van der Waals surface area contributed by atoms with Crippen molar-refractivity contribution in [3.8, 4) is 0 Å². The number of nitro groups is 1. The lowest BCUT2D eigenvalue weighted by molar-refractivity contribution is -0.387. The Morgan fingerprint density at radius 2 is 1.93 bits per heavy atom. The summed E-state index contributed by atoms with van der Waals surface area (Å²) in [5.41, 5.74) is 0.226. The number of hydrogen-bond donors (Lipinski definition) is 2. The summed E-state index contributed by atoms with van der Waals surface area (Å²) >= 11 is 1.15. The molecule has 1 aliphatic heterocycles. The van der Waals surface area contributed by atoms with Gasteiger partial charge >= 0.3 is 5.97 Å². The van der Waals surface area contributed by atoms with Crippen molar-refractivity contribution in [2.24, 2.45) is 0 Å². The number of likely N-dealkylation sites (tertiary alicyclic amines) is 1. The molecule has 0 saturated carbocycles. The zero-order valence-corrected chi connectivity index (χ0v) is 17.4. The van der Waals surface area contributed by atoms with Crippen LogP contribution in [0.15, 0.2) is 52.3 Å². The van der Waals surface area contributed by atoms with Gasteiger partial charge in [0, 0.05) is 29.1 Å². The number of nitro benzene ring substituents is 1. The van der Waals surface area contributed by atoms with Crippen molar-refractivity contribution in [3.63, 3.8) is 0 Å². The number of hydrogen-bond acceptors (Lipinski definition) is 6. The van der Waals surface area contributed by atoms with E-state index in [4.69, 9.17) is 5.11 Å². The highest BCUT2D eigenvalue weighted by atomic mass is 32.2. The molecule has 3 rings (SSSR count). The maximum Gasteiger partial charge on any atom is 0.335 e. The Morgan fingerprint density at radius 3 is 2.57 bits per heavy atom. The summed E-state index contributed by atoms with van der Waals surface area (Å²) in [4.78, 5) is 37.9. The van der Waals surface area contributed by atoms with Gasteiger partial charge in [0.2, 0.25) is 0 Å². The topological polar surface area (TPSA) is 113 Å². The number of carboxylic acid groups (broad SMARTS) is 1. The number of likely N-dealkylation sites (N-methyl/N-ethyl adjacent to an activating group) is 1. The molecule has 2 aromatic rings. The number of aromatic carboxylic acids is 1. The Balaban J connectivity index is 1.72. The summed E-state index contributed by atoms with van der Waals surface area (Å²) in [6.45, 7) is 4.58. The smallest absolute Gasteiger partial charge is 0.335 e. The fourth-order valence-corrected chi connectivity index (χ4v) is 4.44. The number of carbonyl (C=O) groups excluding carboxylic acids is 1. The Hall–Kier alpha value is -2.91. The Labute approximate surface area is 178 Å². The monoisotopic (exact) mass is 429 g/mol. The summed E-state index contributed by atoms with van der Waals surface area (Å²) < 4.78 is 0. The SMILES string of the molecule is CCN1CCCC1CNC(=O)c1ccc(Sc2ccc(C(=O)O)cc2)c([N+](=O)[O-])c1. The van der Waals surface area contributed by atoms with E-state index < -0.39 is 10.9 Å². The molecule has 0 spiro atoms. The van der Waals surface area contributed by atoms with Gasteiger partial charge in [0.1, 0.15) is 0 Å². The van der Waals surface area contributed by atoms with E-state index in [1.54, 1.807) is 24.3 Å². The lowest BCUT2D eigenvalue weighted by Gasteiger charge is -2.22. The first-order valence-electron chi connectivity index (χ1n) is 9.71. The maximum absolute atomic E-state index is 12.5. The molecule has 30 heavy (non-hydrogen) atoms. The molecule has 0 bridgehead atoms. The molecule has 0 radical (unpaired) electrons. The van der Waals surface area contributed by atoms with Gasteiger partial charge in [-0.2, -0.15) is 0 Å². The fraction of sp³-hybridized carbons (Fsp3) is 0.333. The van der Waals surface area contributed by atoms with E-state index >= 15 is 0 Å². The van der Waals surface area contributed by atoms with Crippen molar-refractivity contribution >= 4 is 29.3 Å². The van der Waals surface area contributed by atoms with Crippen LogP contribution in [0.4, 0.5) is 5.69 Å². The average Bonchev–Trinajstić information content (AvgIpc) is 3.20. The first kappa shape index (κ1) is 21.8. The zero-order chi connectivity index (χ0) is 21.7. The van der Waals surface area contributed by atoms with Gasteiger partial charge in [0.25, 0.3) is 11.6 Å². The Bertz CT molecular complexity index is 948. The fourth-order valence-electron chi connectivity index (χ4n) is 3.54. The molecule has 0 aromatic heterocycles. The van der Waals surface area contributed by atoms with E-state index in [0.29, 0.717) is 22.4 Å². The molecule has 8 nitrogen and oxygen atoms in total. The number of amides is 1. The van der Waals surface area contributed by atoms with Gasteiger partial charge in [-0.05, 0) is 62.3 Å². The summed E-state index contributed by atoms with van der Waals surface area (Å²) in [7, 11) is 0. The number of nitrogens with zero attached hydrogens (tertiary/aromatic N) is 2. The molecule has 1 fully saturated rings. The van der Waals surface area contributed by atoms with E-state index in [2.05, 4.69) is 17.1 Å². The molecule has 0 aliphatic carbocycles. The highest BCUT2D eigenvalue weighted by molar-refractivity contribution is 7.99. The number of benzene rings is 2.